The highest BCUT2D eigenvalue weighted by Gasteiger charge is 2.01. The lowest BCUT2D eigenvalue weighted by molar-refractivity contribution is 1.10. The zero-order valence-electron chi connectivity index (χ0n) is 12.4. The molecule has 1 aromatic carbocycles. The van der Waals surface area contributed by atoms with E-state index in [1.165, 1.54) is 11.1 Å². The predicted octanol–water partition coefficient (Wildman–Crippen LogP) is 5.94. The smallest absolute Gasteiger partial charge is 0.0474 e. The molecule has 0 nitrogen and oxygen atoms in total. The second-order valence-corrected chi connectivity index (χ2v) is 5.82. The van der Waals surface area contributed by atoms with E-state index in [0.29, 0.717) is 17.7 Å². The maximum atomic E-state index is 6.03. The molecule has 0 bridgehead atoms. The van der Waals surface area contributed by atoms with E-state index in [1.807, 2.05) is 0 Å². The Morgan fingerprint density at radius 1 is 0.727 bits per heavy atom. The van der Waals surface area contributed by atoms with Crippen molar-refractivity contribution < 1.29 is 0 Å². The lowest BCUT2D eigenvalue weighted by Gasteiger charge is -2.04. The average molecular weight is 307 g/mol. The topological polar surface area (TPSA) is 0 Å². The highest BCUT2D eigenvalue weighted by atomic mass is 35.5. The number of hydrogen-bond acceptors (Lipinski definition) is 0. The van der Waals surface area contributed by atoms with Crippen molar-refractivity contribution in [1.82, 2.24) is 0 Å². The van der Waals surface area contributed by atoms with E-state index in [0.717, 1.165) is 5.56 Å². The molecule has 0 aromatic heterocycles. The minimum Gasteiger partial charge on any atom is -0.122 e. The highest BCUT2D eigenvalue weighted by molar-refractivity contribution is 6.17. The van der Waals surface area contributed by atoms with Crippen molar-refractivity contribution in [3.05, 3.63) is 95.6 Å². The summed E-state index contributed by atoms with van der Waals surface area (Å²) in [4.78, 5) is 0. The van der Waals surface area contributed by atoms with Gasteiger partial charge in [0.05, 0.1) is 0 Å². The van der Waals surface area contributed by atoms with Crippen LogP contribution in [0.15, 0.2) is 79.0 Å². The molecule has 2 aliphatic carbocycles. The Kier molecular flexibility index (Phi) is 4.92. The largest absolute Gasteiger partial charge is 0.122 e. The molecule has 0 fully saturated rings. The fourth-order valence-corrected chi connectivity index (χ4v) is 2.77. The van der Waals surface area contributed by atoms with Crippen molar-refractivity contribution in [2.45, 2.75) is 5.88 Å². The van der Waals surface area contributed by atoms with Gasteiger partial charge in [0.2, 0.25) is 0 Å². The van der Waals surface area contributed by atoms with Gasteiger partial charge in [0.25, 0.3) is 0 Å². The van der Waals surface area contributed by atoms with Gasteiger partial charge in [0.15, 0.2) is 0 Å². The van der Waals surface area contributed by atoms with E-state index in [-0.39, 0.29) is 0 Å². The van der Waals surface area contributed by atoms with Crippen LogP contribution in [-0.4, -0.2) is 0 Å². The minimum absolute atomic E-state index is 0.410. The van der Waals surface area contributed by atoms with Crippen LogP contribution in [0.5, 0.6) is 0 Å². The van der Waals surface area contributed by atoms with Gasteiger partial charge in [-0.2, -0.15) is 0 Å². The maximum Gasteiger partial charge on any atom is 0.0474 e. The first-order chi connectivity index (χ1) is 10.8. The Morgan fingerprint density at radius 2 is 1.18 bits per heavy atom. The highest BCUT2D eigenvalue weighted by Crippen LogP contribution is 2.19. The number of halogens is 1. The third-order valence-corrected chi connectivity index (χ3v) is 4.08. The molecule has 0 aliphatic heterocycles. The van der Waals surface area contributed by atoms with Gasteiger partial charge in [-0.1, -0.05) is 85.0 Å². The van der Waals surface area contributed by atoms with Gasteiger partial charge in [-0.3, -0.25) is 0 Å². The molecule has 0 amide bonds. The van der Waals surface area contributed by atoms with E-state index in [1.54, 1.807) is 0 Å². The fourth-order valence-electron chi connectivity index (χ4n) is 2.61. The summed E-state index contributed by atoms with van der Waals surface area (Å²) in [6.07, 6.45) is 25.8. The summed E-state index contributed by atoms with van der Waals surface area (Å²) in [5, 5.41) is 0. The molecule has 0 atom stereocenters. The summed E-state index contributed by atoms with van der Waals surface area (Å²) in [7, 11) is 0. The third kappa shape index (κ3) is 3.99. The van der Waals surface area contributed by atoms with Crippen molar-refractivity contribution in [1.29, 1.82) is 0 Å². The first kappa shape index (κ1) is 14.9. The normalized spacial score (nSPS) is 17.9. The fraction of sp³-hybridized carbons (Fsp3) is 0.143. The van der Waals surface area contributed by atoms with Crippen molar-refractivity contribution in [3.8, 4) is 0 Å². The molecular formula is C21H19Cl. The van der Waals surface area contributed by atoms with Crippen LogP contribution in [0.1, 0.15) is 16.7 Å². The monoisotopic (exact) mass is 306 g/mol. The van der Waals surface area contributed by atoms with Crippen LogP contribution in [0, 0.1) is 11.8 Å². The molecule has 22 heavy (non-hydrogen) atoms. The zero-order chi connectivity index (χ0) is 15.2. The van der Waals surface area contributed by atoms with Crippen LogP contribution in [0.2, 0.25) is 0 Å². The lowest BCUT2D eigenvalue weighted by Crippen LogP contribution is -1.87. The first-order valence-corrected chi connectivity index (χ1v) is 8.13. The number of rotatable bonds is 5. The standard InChI is InChI=1S/C21H19Cl/c22-16-21-14-19(11-9-17-5-1-2-6-17)13-20(15-21)12-10-18-7-3-4-8-18/h1-15,17-18H,16H2/b11-9+,12-10+. The number of allylic oxidation sites excluding steroid dienone is 10. The van der Waals surface area contributed by atoms with E-state index in [9.17, 15) is 0 Å². The number of alkyl halides is 1. The van der Waals surface area contributed by atoms with E-state index >= 15 is 0 Å². The molecule has 0 unspecified atom stereocenters. The van der Waals surface area contributed by atoms with Crippen LogP contribution < -0.4 is 0 Å². The summed E-state index contributed by atoms with van der Waals surface area (Å²) >= 11 is 6.03. The van der Waals surface area contributed by atoms with Crippen LogP contribution in [0.25, 0.3) is 12.2 Å². The first-order valence-electron chi connectivity index (χ1n) is 7.60. The van der Waals surface area contributed by atoms with Crippen molar-refractivity contribution >= 4 is 23.8 Å². The van der Waals surface area contributed by atoms with Gasteiger partial charge in [-0.15, -0.1) is 11.6 Å². The second kappa shape index (κ2) is 7.29. The van der Waals surface area contributed by atoms with E-state index in [2.05, 4.69) is 91.1 Å². The Labute approximate surface area is 137 Å². The summed E-state index contributed by atoms with van der Waals surface area (Å²) in [6, 6.07) is 6.50. The average Bonchev–Trinajstić information content (AvgIpc) is 3.24. The van der Waals surface area contributed by atoms with Gasteiger partial charge in [-0.05, 0) is 22.8 Å². The summed E-state index contributed by atoms with van der Waals surface area (Å²) in [6.45, 7) is 0. The number of hydrogen-bond donors (Lipinski definition) is 0. The molecule has 3 rings (SSSR count). The van der Waals surface area contributed by atoms with Crippen molar-refractivity contribution in [3.63, 3.8) is 0 Å². The Morgan fingerprint density at radius 3 is 1.59 bits per heavy atom. The third-order valence-electron chi connectivity index (χ3n) is 3.77. The molecule has 0 heterocycles. The molecule has 0 saturated heterocycles. The van der Waals surface area contributed by atoms with Gasteiger partial charge in [0, 0.05) is 17.7 Å². The molecule has 1 heteroatoms. The number of benzene rings is 1. The van der Waals surface area contributed by atoms with Gasteiger partial charge >= 0.3 is 0 Å². The van der Waals surface area contributed by atoms with Crippen LogP contribution in [-0.2, 0) is 5.88 Å². The SMILES string of the molecule is ClCc1cc(/C=C/C2C=CC=C2)cc(/C=C/C2C=CC=C2)c1. The zero-order valence-corrected chi connectivity index (χ0v) is 13.2. The lowest BCUT2D eigenvalue weighted by atomic mass is 10.0. The quantitative estimate of drug-likeness (QED) is 0.591. The molecule has 1 aromatic rings. The van der Waals surface area contributed by atoms with Gasteiger partial charge < -0.3 is 0 Å². The molecule has 0 saturated carbocycles. The van der Waals surface area contributed by atoms with Gasteiger partial charge in [0.1, 0.15) is 0 Å². The molecule has 110 valence electrons. The van der Waals surface area contributed by atoms with Crippen LogP contribution >= 0.6 is 11.6 Å². The maximum absolute atomic E-state index is 6.03. The molecule has 0 N–H and O–H groups in total. The summed E-state index contributed by atoms with van der Waals surface area (Å²) < 4.78 is 0. The predicted molar refractivity (Wildman–Crippen MR) is 97.6 cm³/mol. The van der Waals surface area contributed by atoms with Crippen LogP contribution in [0.3, 0.4) is 0 Å². The Balaban J connectivity index is 1.79. The molecule has 2 aliphatic rings. The summed E-state index contributed by atoms with van der Waals surface area (Å²) in [5.74, 6) is 1.36. The van der Waals surface area contributed by atoms with Crippen molar-refractivity contribution in [2.24, 2.45) is 11.8 Å². The summed E-state index contributed by atoms with van der Waals surface area (Å²) in [5.41, 5.74) is 3.55. The molecular weight excluding hydrogens is 288 g/mol. The van der Waals surface area contributed by atoms with Crippen molar-refractivity contribution in [2.75, 3.05) is 0 Å². The second-order valence-electron chi connectivity index (χ2n) is 5.55. The van der Waals surface area contributed by atoms with Gasteiger partial charge in [-0.25, -0.2) is 0 Å². The minimum atomic E-state index is 0.410. The van der Waals surface area contributed by atoms with Crippen LogP contribution in [0.4, 0.5) is 0 Å². The molecule has 0 radical (unpaired) electrons. The Bertz CT molecular complexity index is 618. The van der Waals surface area contributed by atoms with E-state index in [4.69, 9.17) is 11.6 Å². The Hall–Kier alpha value is -2.05. The molecule has 0 spiro atoms. The van der Waals surface area contributed by atoms with E-state index < -0.39 is 0 Å².